The number of aromatic nitrogens is 3. The number of thiocarbonyl (C=S) groups is 1. The maximum atomic E-state index is 6.38. The predicted octanol–water partition coefficient (Wildman–Crippen LogP) is 5.12. The molecule has 0 aliphatic rings. The minimum absolute atomic E-state index is 0.166. The molecule has 132 valence electrons. The number of thiazole rings is 1. The van der Waals surface area contributed by atoms with Crippen molar-refractivity contribution in [2.24, 2.45) is 0 Å². The number of hydrogen-bond acceptors (Lipinski definition) is 5. The predicted molar refractivity (Wildman–Crippen MR) is 111 cm³/mol. The highest BCUT2D eigenvalue weighted by Gasteiger charge is 2.39. The van der Waals surface area contributed by atoms with Crippen LogP contribution in [0, 0.1) is 0 Å². The largest absolute Gasteiger partial charge is 0.543 e. The molecule has 3 rings (SSSR count). The van der Waals surface area contributed by atoms with Crippen molar-refractivity contribution in [3.8, 4) is 5.75 Å². The Morgan fingerprint density at radius 2 is 2.08 bits per heavy atom. The molecule has 0 spiro atoms. The van der Waals surface area contributed by atoms with E-state index in [1.165, 1.54) is 0 Å². The van der Waals surface area contributed by atoms with Crippen molar-refractivity contribution in [3.05, 3.63) is 36.9 Å². The lowest BCUT2D eigenvalue weighted by Gasteiger charge is -2.36. The number of benzene rings is 1. The first-order chi connectivity index (χ1) is 11.7. The molecule has 2 aromatic heterocycles. The summed E-state index contributed by atoms with van der Waals surface area (Å²) in [7, 11) is -1.85. The SMILES string of the molecule is CC(C)(C)[Si](C)(C)Oc1ccc2nc(NC(=S)n3ccnc3)sc2c1. The van der Waals surface area contributed by atoms with Crippen LogP contribution in [0.15, 0.2) is 36.9 Å². The molecule has 0 bridgehead atoms. The van der Waals surface area contributed by atoms with E-state index in [0.29, 0.717) is 5.11 Å². The number of anilines is 1. The van der Waals surface area contributed by atoms with E-state index < -0.39 is 8.32 Å². The molecule has 0 radical (unpaired) electrons. The monoisotopic (exact) mass is 390 g/mol. The van der Waals surface area contributed by atoms with Crippen LogP contribution < -0.4 is 9.74 Å². The summed E-state index contributed by atoms with van der Waals surface area (Å²) in [5, 5.41) is 4.63. The molecule has 0 fully saturated rings. The van der Waals surface area contributed by atoms with Crippen molar-refractivity contribution in [3.63, 3.8) is 0 Å². The van der Waals surface area contributed by atoms with E-state index in [-0.39, 0.29) is 5.04 Å². The Labute approximate surface area is 158 Å². The van der Waals surface area contributed by atoms with Crippen molar-refractivity contribution >= 4 is 52.3 Å². The van der Waals surface area contributed by atoms with Gasteiger partial charge in [-0.1, -0.05) is 32.1 Å². The minimum Gasteiger partial charge on any atom is -0.543 e. The number of nitrogens with zero attached hydrogens (tertiary/aromatic N) is 3. The molecule has 25 heavy (non-hydrogen) atoms. The summed E-state index contributed by atoms with van der Waals surface area (Å²) < 4.78 is 9.20. The van der Waals surface area contributed by atoms with Gasteiger partial charge in [-0.2, -0.15) is 0 Å². The molecule has 5 nitrogen and oxygen atoms in total. The fourth-order valence-electron chi connectivity index (χ4n) is 2.00. The second-order valence-electron chi connectivity index (χ2n) is 7.41. The second-order valence-corrected chi connectivity index (χ2v) is 13.6. The highest BCUT2D eigenvalue weighted by molar-refractivity contribution is 7.80. The van der Waals surface area contributed by atoms with E-state index in [1.807, 2.05) is 12.1 Å². The quantitative estimate of drug-likeness (QED) is 0.497. The van der Waals surface area contributed by atoms with Crippen molar-refractivity contribution in [2.45, 2.75) is 38.9 Å². The minimum atomic E-state index is -1.85. The molecule has 0 aliphatic heterocycles. The van der Waals surface area contributed by atoms with E-state index >= 15 is 0 Å². The number of imidazole rings is 1. The molecule has 0 amide bonds. The van der Waals surface area contributed by atoms with Gasteiger partial charge in [0.15, 0.2) is 10.2 Å². The van der Waals surface area contributed by atoms with Crippen LogP contribution in [0.3, 0.4) is 0 Å². The Morgan fingerprint density at radius 3 is 2.72 bits per heavy atom. The molecule has 0 aliphatic carbocycles. The van der Waals surface area contributed by atoms with Crippen LogP contribution in [0.25, 0.3) is 10.2 Å². The average molecular weight is 391 g/mol. The van der Waals surface area contributed by atoms with E-state index in [0.717, 1.165) is 21.1 Å². The van der Waals surface area contributed by atoms with Crippen molar-refractivity contribution in [2.75, 3.05) is 5.32 Å². The van der Waals surface area contributed by atoms with Gasteiger partial charge in [0.2, 0.25) is 8.32 Å². The van der Waals surface area contributed by atoms with Crippen LogP contribution in [0.2, 0.25) is 18.1 Å². The molecule has 3 aromatic rings. The highest BCUT2D eigenvalue weighted by atomic mass is 32.1. The summed E-state index contributed by atoms with van der Waals surface area (Å²) in [5.74, 6) is 0.909. The lowest BCUT2D eigenvalue weighted by atomic mass is 10.2. The Kier molecular flexibility index (Phi) is 4.69. The summed E-state index contributed by atoms with van der Waals surface area (Å²) in [5.41, 5.74) is 0.934. The molecule has 8 heteroatoms. The van der Waals surface area contributed by atoms with E-state index in [4.69, 9.17) is 16.6 Å². The van der Waals surface area contributed by atoms with Gasteiger partial charge in [-0.15, -0.1) is 0 Å². The maximum absolute atomic E-state index is 6.38. The number of rotatable bonds is 3. The molecule has 1 N–H and O–H groups in total. The Hall–Kier alpha value is -1.77. The molecule has 2 heterocycles. The second kappa shape index (κ2) is 6.51. The molecule has 0 atom stereocenters. The van der Waals surface area contributed by atoms with E-state index in [9.17, 15) is 0 Å². The Bertz CT molecular complexity index is 897. The fraction of sp³-hybridized carbons (Fsp3) is 0.353. The third-order valence-electron chi connectivity index (χ3n) is 4.49. The van der Waals surface area contributed by atoms with E-state index in [2.05, 4.69) is 55.2 Å². The van der Waals surface area contributed by atoms with Crippen LogP contribution in [-0.2, 0) is 0 Å². The third-order valence-corrected chi connectivity index (χ3v) is 10.1. The zero-order valence-corrected chi connectivity index (χ0v) is 17.7. The molecule has 0 saturated heterocycles. The molecule has 0 saturated carbocycles. The summed E-state index contributed by atoms with van der Waals surface area (Å²) in [6.07, 6.45) is 5.15. The smallest absolute Gasteiger partial charge is 0.250 e. The summed E-state index contributed by atoms with van der Waals surface area (Å²) in [6.45, 7) is 11.2. The van der Waals surface area contributed by atoms with Crippen molar-refractivity contribution in [1.29, 1.82) is 0 Å². The van der Waals surface area contributed by atoms with Gasteiger partial charge in [-0.25, -0.2) is 9.97 Å². The number of fused-ring (bicyclic) bond motifs is 1. The van der Waals surface area contributed by atoms with Crippen molar-refractivity contribution < 1.29 is 4.43 Å². The number of hydrogen-bond donors (Lipinski definition) is 1. The average Bonchev–Trinajstić information content (AvgIpc) is 3.13. The van der Waals surface area contributed by atoms with Gasteiger partial charge in [0, 0.05) is 12.4 Å². The first-order valence-corrected chi connectivity index (χ1v) is 12.2. The first kappa shape index (κ1) is 18.0. The zero-order chi connectivity index (χ0) is 18.2. The van der Waals surface area contributed by atoms with Crippen LogP contribution in [0.1, 0.15) is 20.8 Å². The van der Waals surface area contributed by atoms with Gasteiger partial charge in [0.1, 0.15) is 12.1 Å². The van der Waals surface area contributed by atoms with Gasteiger partial charge >= 0.3 is 0 Å². The standard InChI is InChI=1S/C17H22N4OS2Si/c1-17(2,3)25(4,5)22-12-6-7-13-14(10-12)24-15(19-13)20-16(23)21-9-8-18-11-21/h6-11H,1-5H3,(H,19,20,23). The Balaban J connectivity index is 1.81. The normalized spacial score (nSPS) is 12.4. The van der Waals surface area contributed by atoms with Gasteiger partial charge in [0.05, 0.1) is 10.2 Å². The highest BCUT2D eigenvalue weighted by Crippen LogP contribution is 2.38. The summed E-state index contributed by atoms with van der Waals surface area (Å²) in [4.78, 5) is 8.59. The molecular weight excluding hydrogens is 368 g/mol. The van der Waals surface area contributed by atoms with Crippen LogP contribution >= 0.6 is 23.6 Å². The zero-order valence-electron chi connectivity index (χ0n) is 15.0. The first-order valence-electron chi connectivity index (χ1n) is 8.05. The molecular formula is C17H22N4OS2Si. The van der Waals surface area contributed by atoms with Gasteiger partial charge in [-0.3, -0.25) is 4.57 Å². The third kappa shape index (κ3) is 3.91. The van der Waals surface area contributed by atoms with Gasteiger partial charge in [0.25, 0.3) is 0 Å². The maximum Gasteiger partial charge on any atom is 0.250 e. The Morgan fingerprint density at radius 1 is 1.32 bits per heavy atom. The molecule has 0 unspecified atom stereocenters. The van der Waals surface area contributed by atoms with Crippen LogP contribution in [0.4, 0.5) is 5.13 Å². The van der Waals surface area contributed by atoms with Crippen LogP contribution in [0.5, 0.6) is 5.75 Å². The van der Waals surface area contributed by atoms with Gasteiger partial charge in [-0.05, 0) is 48.5 Å². The fourth-order valence-corrected chi connectivity index (χ4v) is 4.19. The lowest BCUT2D eigenvalue weighted by Crippen LogP contribution is -2.43. The summed E-state index contributed by atoms with van der Waals surface area (Å²) >= 11 is 6.92. The lowest BCUT2D eigenvalue weighted by molar-refractivity contribution is 0.493. The number of nitrogens with one attached hydrogen (secondary N) is 1. The van der Waals surface area contributed by atoms with Crippen molar-refractivity contribution in [1.82, 2.24) is 14.5 Å². The summed E-state index contributed by atoms with van der Waals surface area (Å²) in [6, 6.07) is 6.07. The topological polar surface area (TPSA) is 52.0 Å². The van der Waals surface area contributed by atoms with E-state index in [1.54, 1.807) is 34.6 Å². The van der Waals surface area contributed by atoms with Crippen LogP contribution in [-0.4, -0.2) is 28.0 Å². The van der Waals surface area contributed by atoms with Gasteiger partial charge < -0.3 is 9.74 Å². The molecule has 1 aromatic carbocycles.